The number of hydrogen-bond acceptors (Lipinski definition) is 1. The standard InChI is InChI=1S/C16H28O/c1-8-17-14-10-12(15(2,3)4)9-13(11-14)16(5,6)7/h10-11,14H,8-9H2,1-7H3. The fourth-order valence-corrected chi connectivity index (χ4v) is 2.09. The Labute approximate surface area is 107 Å². The molecular formula is C16H28O. The van der Waals surface area contributed by atoms with Crippen LogP contribution >= 0.6 is 0 Å². The lowest BCUT2D eigenvalue weighted by Gasteiger charge is -2.34. The summed E-state index contributed by atoms with van der Waals surface area (Å²) in [6, 6.07) is 0. The van der Waals surface area contributed by atoms with Crippen molar-refractivity contribution in [2.75, 3.05) is 6.61 Å². The molecule has 0 radical (unpaired) electrons. The molecule has 1 heteroatoms. The molecule has 1 aliphatic carbocycles. The molecule has 1 nitrogen and oxygen atoms in total. The summed E-state index contributed by atoms with van der Waals surface area (Å²) in [6.07, 6.45) is 5.87. The minimum Gasteiger partial charge on any atom is -0.370 e. The van der Waals surface area contributed by atoms with E-state index in [1.54, 1.807) is 0 Å². The van der Waals surface area contributed by atoms with Gasteiger partial charge in [-0.1, -0.05) is 64.8 Å². The van der Waals surface area contributed by atoms with Crippen molar-refractivity contribution >= 4 is 0 Å². The summed E-state index contributed by atoms with van der Waals surface area (Å²) in [5.41, 5.74) is 3.48. The monoisotopic (exact) mass is 236 g/mol. The van der Waals surface area contributed by atoms with E-state index in [1.807, 2.05) is 0 Å². The Kier molecular flexibility index (Phi) is 4.24. The van der Waals surface area contributed by atoms with Gasteiger partial charge in [0.2, 0.25) is 0 Å². The zero-order valence-corrected chi connectivity index (χ0v) is 12.6. The van der Waals surface area contributed by atoms with Gasteiger partial charge in [0.05, 0.1) is 6.10 Å². The van der Waals surface area contributed by atoms with Crippen molar-refractivity contribution in [3.8, 4) is 0 Å². The largest absolute Gasteiger partial charge is 0.370 e. The third kappa shape index (κ3) is 3.99. The average molecular weight is 236 g/mol. The number of allylic oxidation sites excluding steroid dienone is 2. The summed E-state index contributed by atoms with van der Waals surface area (Å²) in [7, 11) is 0. The van der Waals surface area contributed by atoms with E-state index in [0.717, 1.165) is 13.0 Å². The second-order valence-corrected chi connectivity index (χ2v) is 6.98. The molecule has 0 unspecified atom stereocenters. The van der Waals surface area contributed by atoms with Crippen molar-refractivity contribution in [1.29, 1.82) is 0 Å². The normalized spacial score (nSPS) is 19.0. The van der Waals surface area contributed by atoms with Crippen LogP contribution in [-0.2, 0) is 4.74 Å². The van der Waals surface area contributed by atoms with E-state index in [-0.39, 0.29) is 16.9 Å². The van der Waals surface area contributed by atoms with Crippen LogP contribution in [0.25, 0.3) is 0 Å². The number of ether oxygens (including phenoxy) is 1. The zero-order chi connectivity index (χ0) is 13.3. The van der Waals surface area contributed by atoms with E-state index in [9.17, 15) is 0 Å². The van der Waals surface area contributed by atoms with Crippen molar-refractivity contribution in [3.63, 3.8) is 0 Å². The van der Waals surface area contributed by atoms with Crippen molar-refractivity contribution in [1.82, 2.24) is 0 Å². The predicted octanol–water partition coefficient (Wildman–Crippen LogP) is 4.74. The summed E-state index contributed by atoms with van der Waals surface area (Å²) in [5.74, 6) is 0. The van der Waals surface area contributed by atoms with Crippen LogP contribution in [0.1, 0.15) is 54.9 Å². The van der Waals surface area contributed by atoms with Crippen LogP contribution in [0.5, 0.6) is 0 Å². The minimum absolute atomic E-state index is 0.164. The molecule has 0 spiro atoms. The Balaban J connectivity index is 2.99. The minimum atomic E-state index is 0.164. The molecule has 17 heavy (non-hydrogen) atoms. The van der Waals surface area contributed by atoms with E-state index in [2.05, 4.69) is 60.6 Å². The molecule has 1 aliphatic rings. The van der Waals surface area contributed by atoms with E-state index in [1.165, 1.54) is 11.1 Å². The zero-order valence-electron chi connectivity index (χ0n) is 12.6. The van der Waals surface area contributed by atoms with E-state index < -0.39 is 0 Å². The molecule has 0 aromatic rings. The Morgan fingerprint density at radius 1 is 1.00 bits per heavy atom. The molecule has 0 fully saturated rings. The first-order chi connectivity index (χ1) is 7.64. The molecule has 0 amide bonds. The quantitative estimate of drug-likeness (QED) is 0.629. The lowest BCUT2D eigenvalue weighted by Crippen LogP contribution is -2.24. The van der Waals surface area contributed by atoms with E-state index in [4.69, 9.17) is 4.74 Å². The van der Waals surface area contributed by atoms with Gasteiger partial charge in [0.1, 0.15) is 0 Å². The lowest BCUT2D eigenvalue weighted by atomic mass is 9.73. The molecule has 0 aromatic heterocycles. The smallest absolute Gasteiger partial charge is 0.0943 e. The van der Waals surface area contributed by atoms with Gasteiger partial charge in [-0.05, 0) is 24.2 Å². The van der Waals surface area contributed by atoms with E-state index in [0.29, 0.717) is 0 Å². The van der Waals surface area contributed by atoms with Crippen LogP contribution in [0.3, 0.4) is 0 Å². The van der Waals surface area contributed by atoms with Crippen LogP contribution in [-0.4, -0.2) is 12.7 Å². The Morgan fingerprint density at radius 2 is 1.41 bits per heavy atom. The van der Waals surface area contributed by atoms with Gasteiger partial charge in [-0.25, -0.2) is 0 Å². The van der Waals surface area contributed by atoms with Crippen molar-refractivity contribution in [2.45, 2.75) is 61.0 Å². The molecule has 0 aromatic carbocycles. The fraction of sp³-hybridized carbons (Fsp3) is 0.750. The molecule has 0 saturated heterocycles. The first-order valence-electron chi connectivity index (χ1n) is 6.68. The van der Waals surface area contributed by atoms with Crippen molar-refractivity contribution in [3.05, 3.63) is 23.3 Å². The highest BCUT2D eigenvalue weighted by molar-refractivity contribution is 5.32. The van der Waals surface area contributed by atoms with Gasteiger partial charge in [-0.15, -0.1) is 0 Å². The van der Waals surface area contributed by atoms with Crippen LogP contribution in [0.15, 0.2) is 23.3 Å². The fourth-order valence-electron chi connectivity index (χ4n) is 2.09. The van der Waals surface area contributed by atoms with Gasteiger partial charge in [0, 0.05) is 6.61 Å². The summed E-state index contributed by atoms with van der Waals surface area (Å²) in [5, 5.41) is 0. The highest BCUT2D eigenvalue weighted by Crippen LogP contribution is 2.40. The SMILES string of the molecule is CCOC1C=C(C(C)(C)C)CC(C(C)(C)C)=C1. The molecule has 0 N–H and O–H groups in total. The predicted molar refractivity (Wildman–Crippen MR) is 75.1 cm³/mol. The topological polar surface area (TPSA) is 9.23 Å². The molecule has 98 valence electrons. The molecule has 0 saturated carbocycles. The van der Waals surface area contributed by atoms with Crippen molar-refractivity contribution < 1.29 is 4.74 Å². The Hall–Kier alpha value is -0.560. The van der Waals surface area contributed by atoms with Crippen LogP contribution in [0.4, 0.5) is 0 Å². The molecule has 1 rings (SSSR count). The highest BCUT2D eigenvalue weighted by Gasteiger charge is 2.28. The average Bonchev–Trinajstić information content (AvgIpc) is 2.15. The van der Waals surface area contributed by atoms with Crippen LogP contribution in [0, 0.1) is 10.8 Å². The summed E-state index contributed by atoms with van der Waals surface area (Å²) in [6.45, 7) is 16.5. The van der Waals surface area contributed by atoms with Crippen molar-refractivity contribution in [2.24, 2.45) is 10.8 Å². The summed E-state index contributed by atoms with van der Waals surface area (Å²) in [4.78, 5) is 0. The van der Waals surface area contributed by atoms with Crippen LogP contribution < -0.4 is 0 Å². The van der Waals surface area contributed by atoms with E-state index >= 15 is 0 Å². The van der Waals surface area contributed by atoms with Gasteiger partial charge in [-0.3, -0.25) is 0 Å². The molecule has 0 bridgehead atoms. The lowest BCUT2D eigenvalue weighted by molar-refractivity contribution is 0.123. The molecule has 0 aliphatic heterocycles. The Bertz CT molecular complexity index is 290. The maximum absolute atomic E-state index is 5.78. The molecule has 0 atom stereocenters. The highest BCUT2D eigenvalue weighted by atomic mass is 16.5. The second kappa shape index (κ2) is 4.97. The first kappa shape index (κ1) is 14.5. The third-order valence-electron chi connectivity index (χ3n) is 3.40. The van der Waals surface area contributed by atoms with Gasteiger partial charge in [0.15, 0.2) is 0 Å². The second-order valence-electron chi connectivity index (χ2n) is 6.98. The van der Waals surface area contributed by atoms with Gasteiger partial charge >= 0.3 is 0 Å². The maximum atomic E-state index is 5.78. The first-order valence-corrected chi connectivity index (χ1v) is 6.68. The molecule has 0 heterocycles. The third-order valence-corrected chi connectivity index (χ3v) is 3.40. The Morgan fingerprint density at radius 3 is 1.71 bits per heavy atom. The van der Waals surface area contributed by atoms with Gasteiger partial charge in [0.25, 0.3) is 0 Å². The van der Waals surface area contributed by atoms with Gasteiger partial charge in [-0.2, -0.15) is 0 Å². The number of rotatable bonds is 2. The summed E-state index contributed by atoms with van der Waals surface area (Å²) < 4.78 is 5.78. The number of hydrogen-bond donors (Lipinski definition) is 0. The maximum Gasteiger partial charge on any atom is 0.0943 e. The molecular weight excluding hydrogens is 208 g/mol. The van der Waals surface area contributed by atoms with Gasteiger partial charge < -0.3 is 4.74 Å². The summed E-state index contributed by atoms with van der Waals surface area (Å²) >= 11 is 0. The van der Waals surface area contributed by atoms with Crippen LogP contribution in [0.2, 0.25) is 0 Å².